The fraction of sp³-hybridized carbons (Fsp3) is 0.600. The van der Waals surface area contributed by atoms with Gasteiger partial charge in [0.2, 0.25) is 0 Å². The number of aliphatic imine (C=N–C) groups is 1. The SMILES string of the molecule is CC/C=C(/CC)C(=NC)C(=O)OC. The van der Waals surface area contributed by atoms with Gasteiger partial charge in [0.15, 0.2) is 0 Å². The van der Waals surface area contributed by atoms with Gasteiger partial charge in [0.1, 0.15) is 5.71 Å². The monoisotopic (exact) mass is 183 g/mol. The zero-order chi connectivity index (χ0) is 10.3. The van der Waals surface area contributed by atoms with Crippen molar-refractivity contribution >= 4 is 11.7 Å². The van der Waals surface area contributed by atoms with Crippen LogP contribution in [-0.2, 0) is 9.53 Å². The molecule has 0 spiro atoms. The van der Waals surface area contributed by atoms with Gasteiger partial charge in [-0.2, -0.15) is 0 Å². The first-order valence-corrected chi connectivity index (χ1v) is 4.45. The van der Waals surface area contributed by atoms with E-state index in [0.29, 0.717) is 5.71 Å². The molecule has 0 saturated heterocycles. The minimum atomic E-state index is -0.357. The molecular formula is C10H17NO2. The summed E-state index contributed by atoms with van der Waals surface area (Å²) in [5, 5.41) is 0. The number of rotatable bonds is 4. The van der Waals surface area contributed by atoms with Crippen LogP contribution in [0.2, 0.25) is 0 Å². The molecule has 0 unspecified atom stereocenters. The predicted octanol–water partition coefficient (Wildman–Crippen LogP) is 1.98. The normalized spacial score (nSPS) is 12.9. The number of carbonyl (C=O) groups excluding carboxylic acids is 1. The second-order valence-corrected chi connectivity index (χ2v) is 2.55. The van der Waals surface area contributed by atoms with Crippen molar-refractivity contribution in [2.75, 3.05) is 14.2 Å². The van der Waals surface area contributed by atoms with Crippen molar-refractivity contribution in [3.63, 3.8) is 0 Å². The van der Waals surface area contributed by atoms with Gasteiger partial charge in [0.05, 0.1) is 7.11 Å². The summed E-state index contributed by atoms with van der Waals surface area (Å²) in [6.07, 6.45) is 3.70. The van der Waals surface area contributed by atoms with Crippen LogP contribution in [0.3, 0.4) is 0 Å². The Kier molecular flexibility index (Phi) is 5.85. The summed E-state index contributed by atoms with van der Waals surface area (Å²) >= 11 is 0. The molecular weight excluding hydrogens is 166 g/mol. The number of hydrogen-bond donors (Lipinski definition) is 0. The molecule has 0 radical (unpaired) electrons. The summed E-state index contributed by atoms with van der Waals surface area (Å²) < 4.78 is 4.62. The van der Waals surface area contributed by atoms with Crippen molar-refractivity contribution in [2.24, 2.45) is 4.99 Å². The lowest BCUT2D eigenvalue weighted by molar-refractivity contribution is -0.132. The highest BCUT2D eigenvalue weighted by atomic mass is 16.5. The molecule has 0 aromatic heterocycles. The third kappa shape index (κ3) is 3.40. The molecule has 0 bridgehead atoms. The van der Waals surface area contributed by atoms with Crippen LogP contribution in [0.25, 0.3) is 0 Å². The summed E-state index contributed by atoms with van der Waals surface area (Å²) in [6.45, 7) is 4.02. The van der Waals surface area contributed by atoms with Crippen molar-refractivity contribution in [1.82, 2.24) is 0 Å². The highest BCUT2D eigenvalue weighted by Crippen LogP contribution is 2.06. The zero-order valence-electron chi connectivity index (χ0n) is 8.76. The van der Waals surface area contributed by atoms with Gasteiger partial charge in [-0.1, -0.05) is 19.9 Å². The molecule has 0 aliphatic carbocycles. The van der Waals surface area contributed by atoms with Gasteiger partial charge in [-0.3, -0.25) is 4.99 Å². The number of hydrogen-bond acceptors (Lipinski definition) is 3. The summed E-state index contributed by atoms with van der Waals surface area (Å²) in [7, 11) is 2.97. The fourth-order valence-corrected chi connectivity index (χ4v) is 1.12. The van der Waals surface area contributed by atoms with E-state index in [0.717, 1.165) is 18.4 Å². The maximum atomic E-state index is 11.2. The number of esters is 1. The van der Waals surface area contributed by atoms with Crippen molar-refractivity contribution in [1.29, 1.82) is 0 Å². The largest absolute Gasteiger partial charge is 0.464 e. The second kappa shape index (κ2) is 6.40. The van der Waals surface area contributed by atoms with E-state index in [-0.39, 0.29) is 5.97 Å². The third-order valence-electron chi connectivity index (χ3n) is 1.74. The first kappa shape index (κ1) is 11.9. The highest BCUT2D eigenvalue weighted by Gasteiger charge is 2.13. The maximum absolute atomic E-state index is 11.2. The number of allylic oxidation sites excluding steroid dienone is 1. The first-order valence-electron chi connectivity index (χ1n) is 4.45. The van der Waals surface area contributed by atoms with Crippen LogP contribution in [0.1, 0.15) is 26.7 Å². The molecule has 0 aliphatic heterocycles. The van der Waals surface area contributed by atoms with Crippen LogP contribution >= 0.6 is 0 Å². The standard InChI is InChI=1S/C10H17NO2/c1-5-7-8(6-2)9(11-3)10(12)13-4/h7H,5-6H2,1-4H3/b8-7-,11-9?. The molecule has 3 heteroatoms. The Morgan fingerprint density at radius 1 is 1.46 bits per heavy atom. The van der Waals surface area contributed by atoms with Crippen LogP contribution in [0.4, 0.5) is 0 Å². The Morgan fingerprint density at radius 2 is 2.08 bits per heavy atom. The molecule has 0 heterocycles. The topological polar surface area (TPSA) is 38.7 Å². The average molecular weight is 183 g/mol. The summed E-state index contributed by atoms with van der Waals surface area (Å²) in [6, 6.07) is 0. The molecule has 74 valence electrons. The smallest absolute Gasteiger partial charge is 0.356 e. The van der Waals surface area contributed by atoms with E-state index in [1.54, 1.807) is 7.05 Å². The Labute approximate surface area is 79.5 Å². The van der Waals surface area contributed by atoms with Gasteiger partial charge in [-0.05, 0) is 18.4 Å². The molecule has 0 aliphatic rings. The van der Waals surface area contributed by atoms with Crippen molar-refractivity contribution < 1.29 is 9.53 Å². The van der Waals surface area contributed by atoms with E-state index in [1.165, 1.54) is 7.11 Å². The van der Waals surface area contributed by atoms with Gasteiger partial charge in [-0.25, -0.2) is 4.79 Å². The Morgan fingerprint density at radius 3 is 2.38 bits per heavy atom. The Balaban J connectivity index is 4.75. The maximum Gasteiger partial charge on any atom is 0.356 e. The third-order valence-corrected chi connectivity index (χ3v) is 1.74. The quantitative estimate of drug-likeness (QED) is 0.493. The summed E-state index contributed by atoms with van der Waals surface area (Å²) in [5.74, 6) is -0.357. The fourth-order valence-electron chi connectivity index (χ4n) is 1.12. The van der Waals surface area contributed by atoms with Crippen LogP contribution in [0, 0.1) is 0 Å². The van der Waals surface area contributed by atoms with Crippen molar-refractivity contribution in [2.45, 2.75) is 26.7 Å². The Hall–Kier alpha value is -1.12. The lowest BCUT2D eigenvalue weighted by atomic mass is 10.1. The van der Waals surface area contributed by atoms with E-state index in [2.05, 4.69) is 9.73 Å². The lowest BCUT2D eigenvalue weighted by Crippen LogP contribution is -2.18. The second-order valence-electron chi connectivity index (χ2n) is 2.55. The molecule has 0 rings (SSSR count). The molecule has 3 nitrogen and oxygen atoms in total. The predicted molar refractivity (Wildman–Crippen MR) is 54.0 cm³/mol. The molecule has 0 aromatic rings. The van der Waals surface area contributed by atoms with Gasteiger partial charge >= 0.3 is 5.97 Å². The van der Waals surface area contributed by atoms with E-state index in [4.69, 9.17) is 0 Å². The van der Waals surface area contributed by atoms with E-state index >= 15 is 0 Å². The van der Waals surface area contributed by atoms with Crippen LogP contribution in [-0.4, -0.2) is 25.8 Å². The van der Waals surface area contributed by atoms with E-state index in [9.17, 15) is 4.79 Å². The number of carbonyl (C=O) groups is 1. The van der Waals surface area contributed by atoms with Gasteiger partial charge in [-0.15, -0.1) is 0 Å². The van der Waals surface area contributed by atoms with Crippen molar-refractivity contribution in [3.8, 4) is 0 Å². The first-order chi connectivity index (χ1) is 6.21. The number of nitrogens with zero attached hydrogens (tertiary/aromatic N) is 1. The molecule has 0 N–H and O–H groups in total. The van der Waals surface area contributed by atoms with E-state index in [1.807, 2.05) is 19.9 Å². The minimum Gasteiger partial charge on any atom is -0.464 e. The van der Waals surface area contributed by atoms with Gasteiger partial charge < -0.3 is 4.74 Å². The minimum absolute atomic E-state index is 0.357. The molecule has 0 amide bonds. The molecule has 13 heavy (non-hydrogen) atoms. The summed E-state index contributed by atoms with van der Waals surface area (Å²) in [5.41, 5.74) is 1.39. The molecule has 0 aromatic carbocycles. The van der Waals surface area contributed by atoms with Gasteiger partial charge in [0, 0.05) is 7.05 Å². The molecule has 0 fully saturated rings. The average Bonchev–Trinajstić information content (AvgIpc) is 2.17. The van der Waals surface area contributed by atoms with Crippen LogP contribution < -0.4 is 0 Å². The molecule has 0 saturated carbocycles. The highest BCUT2D eigenvalue weighted by molar-refractivity contribution is 6.43. The van der Waals surface area contributed by atoms with Crippen LogP contribution in [0.5, 0.6) is 0 Å². The van der Waals surface area contributed by atoms with Gasteiger partial charge in [0.25, 0.3) is 0 Å². The Bertz CT molecular complexity index is 229. The van der Waals surface area contributed by atoms with E-state index < -0.39 is 0 Å². The van der Waals surface area contributed by atoms with Crippen molar-refractivity contribution in [3.05, 3.63) is 11.6 Å². The van der Waals surface area contributed by atoms with Crippen LogP contribution in [0.15, 0.2) is 16.6 Å². The summed E-state index contributed by atoms with van der Waals surface area (Å²) in [4.78, 5) is 15.1. The molecule has 0 atom stereocenters. The number of ether oxygens (including phenoxy) is 1. The zero-order valence-corrected chi connectivity index (χ0v) is 8.76. The lowest BCUT2D eigenvalue weighted by Gasteiger charge is -2.05. The number of methoxy groups -OCH3 is 1.